The Labute approximate surface area is 103 Å². The van der Waals surface area contributed by atoms with Crippen LogP contribution >= 0.6 is 35.0 Å². The van der Waals surface area contributed by atoms with Crippen molar-refractivity contribution in [2.75, 3.05) is 0 Å². The van der Waals surface area contributed by atoms with Gasteiger partial charge in [-0.15, -0.1) is 0 Å². The maximum Gasteiger partial charge on any atom is 0.284 e. The zero-order valence-corrected chi connectivity index (χ0v) is 10.7. The standard InChI is InChI=1S/C10H11Cl2NOS/c1-6(2)13-10(14)15-7-3-4-8(11)9(12)5-7/h3-6H,1-2H3,(H,13,14). The number of carbonyl (C=O) groups excluding carboxylic acids is 1. The highest BCUT2D eigenvalue weighted by molar-refractivity contribution is 8.13. The summed E-state index contributed by atoms with van der Waals surface area (Å²) in [7, 11) is 0. The third kappa shape index (κ3) is 4.33. The molecule has 5 heteroatoms. The first-order valence-corrected chi connectivity index (χ1v) is 5.99. The fourth-order valence-corrected chi connectivity index (χ4v) is 2.10. The molecule has 0 aliphatic rings. The second-order valence-corrected chi connectivity index (χ2v) is 5.13. The summed E-state index contributed by atoms with van der Waals surface area (Å²) in [6, 6.07) is 5.25. The van der Waals surface area contributed by atoms with Crippen molar-refractivity contribution in [2.45, 2.75) is 24.8 Å². The van der Waals surface area contributed by atoms with Crippen LogP contribution in [0.1, 0.15) is 13.8 Å². The first kappa shape index (κ1) is 12.7. The van der Waals surface area contributed by atoms with Gasteiger partial charge < -0.3 is 5.32 Å². The minimum absolute atomic E-state index is 0.0941. The Hall–Kier alpha value is -0.380. The van der Waals surface area contributed by atoms with Crippen LogP contribution in [0.4, 0.5) is 4.79 Å². The highest BCUT2D eigenvalue weighted by Gasteiger charge is 2.07. The van der Waals surface area contributed by atoms with Gasteiger partial charge in [-0.2, -0.15) is 0 Å². The number of rotatable bonds is 2. The van der Waals surface area contributed by atoms with E-state index in [-0.39, 0.29) is 11.3 Å². The predicted molar refractivity (Wildman–Crippen MR) is 66.0 cm³/mol. The van der Waals surface area contributed by atoms with Gasteiger partial charge in [-0.3, -0.25) is 4.79 Å². The molecule has 0 saturated carbocycles. The van der Waals surface area contributed by atoms with E-state index in [9.17, 15) is 4.79 Å². The molecule has 1 aromatic rings. The summed E-state index contributed by atoms with van der Waals surface area (Å²) >= 11 is 12.7. The molecule has 0 spiro atoms. The maximum atomic E-state index is 11.4. The molecule has 0 atom stereocenters. The van der Waals surface area contributed by atoms with E-state index in [1.54, 1.807) is 18.2 Å². The van der Waals surface area contributed by atoms with Crippen LogP contribution in [0.2, 0.25) is 10.0 Å². The van der Waals surface area contributed by atoms with Gasteiger partial charge in [-0.1, -0.05) is 23.2 Å². The molecule has 1 amide bonds. The van der Waals surface area contributed by atoms with Crippen molar-refractivity contribution in [1.82, 2.24) is 5.32 Å². The molecule has 1 aromatic carbocycles. The van der Waals surface area contributed by atoms with Gasteiger partial charge in [-0.25, -0.2) is 0 Å². The Balaban J connectivity index is 2.65. The minimum Gasteiger partial charge on any atom is -0.345 e. The molecule has 0 radical (unpaired) electrons. The Kier molecular flexibility index (Phi) is 4.77. The van der Waals surface area contributed by atoms with Crippen LogP contribution in [0, 0.1) is 0 Å². The third-order valence-electron chi connectivity index (χ3n) is 1.51. The molecule has 0 fully saturated rings. The van der Waals surface area contributed by atoms with E-state index in [0.29, 0.717) is 10.0 Å². The summed E-state index contributed by atoms with van der Waals surface area (Å²) in [5.41, 5.74) is 0. The normalized spacial score (nSPS) is 10.5. The molecule has 0 unspecified atom stereocenters. The van der Waals surface area contributed by atoms with Crippen molar-refractivity contribution < 1.29 is 4.79 Å². The van der Waals surface area contributed by atoms with Gasteiger partial charge in [-0.05, 0) is 43.8 Å². The third-order valence-corrected chi connectivity index (χ3v) is 3.04. The number of nitrogens with one attached hydrogen (secondary N) is 1. The summed E-state index contributed by atoms with van der Waals surface area (Å²) < 4.78 is 0. The van der Waals surface area contributed by atoms with Crippen LogP contribution in [0.25, 0.3) is 0 Å². The summed E-state index contributed by atoms with van der Waals surface area (Å²) in [5.74, 6) is 0. The molecule has 1 rings (SSSR count). The highest BCUT2D eigenvalue weighted by Crippen LogP contribution is 2.28. The number of benzene rings is 1. The molecule has 0 heterocycles. The van der Waals surface area contributed by atoms with E-state index in [1.807, 2.05) is 13.8 Å². The summed E-state index contributed by atoms with van der Waals surface area (Å²) in [6.07, 6.45) is 0. The Bertz CT molecular complexity index is 368. The number of carbonyl (C=O) groups is 1. The Morgan fingerprint density at radius 2 is 2.00 bits per heavy atom. The van der Waals surface area contributed by atoms with E-state index in [1.165, 1.54) is 0 Å². The van der Waals surface area contributed by atoms with Crippen molar-refractivity contribution in [2.24, 2.45) is 0 Å². The lowest BCUT2D eigenvalue weighted by Crippen LogP contribution is -2.26. The lowest BCUT2D eigenvalue weighted by atomic mass is 10.4. The molecule has 0 aliphatic carbocycles. The number of amides is 1. The second kappa shape index (κ2) is 5.64. The Morgan fingerprint density at radius 3 is 2.53 bits per heavy atom. The van der Waals surface area contributed by atoms with Crippen LogP contribution in [0.15, 0.2) is 23.1 Å². The van der Waals surface area contributed by atoms with E-state index in [2.05, 4.69) is 5.32 Å². The van der Waals surface area contributed by atoms with Crippen LogP contribution < -0.4 is 5.32 Å². The zero-order chi connectivity index (χ0) is 11.4. The van der Waals surface area contributed by atoms with Crippen molar-refractivity contribution in [1.29, 1.82) is 0 Å². The topological polar surface area (TPSA) is 29.1 Å². The molecule has 0 saturated heterocycles. The molecule has 0 aliphatic heterocycles. The van der Waals surface area contributed by atoms with Crippen LogP contribution in [0.5, 0.6) is 0 Å². The molecular formula is C10H11Cl2NOS. The summed E-state index contributed by atoms with van der Waals surface area (Å²) in [4.78, 5) is 12.2. The van der Waals surface area contributed by atoms with Gasteiger partial charge in [0.05, 0.1) is 10.0 Å². The van der Waals surface area contributed by atoms with Crippen molar-refractivity contribution in [3.05, 3.63) is 28.2 Å². The average Bonchev–Trinajstić information content (AvgIpc) is 2.10. The van der Waals surface area contributed by atoms with Gasteiger partial charge in [0.15, 0.2) is 0 Å². The number of thioether (sulfide) groups is 1. The summed E-state index contributed by atoms with van der Waals surface area (Å²) in [5, 5.41) is 3.63. The van der Waals surface area contributed by atoms with Gasteiger partial charge in [0.25, 0.3) is 5.24 Å². The first-order chi connectivity index (χ1) is 6.99. The van der Waals surface area contributed by atoms with Gasteiger partial charge in [0.1, 0.15) is 0 Å². The fourth-order valence-electron chi connectivity index (χ4n) is 0.913. The van der Waals surface area contributed by atoms with Gasteiger partial charge in [0, 0.05) is 10.9 Å². The maximum absolute atomic E-state index is 11.4. The molecule has 1 N–H and O–H groups in total. The molecule has 0 bridgehead atoms. The largest absolute Gasteiger partial charge is 0.345 e. The smallest absolute Gasteiger partial charge is 0.284 e. The van der Waals surface area contributed by atoms with Gasteiger partial charge in [0.2, 0.25) is 0 Å². The number of hydrogen-bond donors (Lipinski definition) is 1. The van der Waals surface area contributed by atoms with E-state index >= 15 is 0 Å². The summed E-state index contributed by atoms with van der Waals surface area (Å²) in [6.45, 7) is 3.82. The fraction of sp³-hybridized carbons (Fsp3) is 0.300. The molecule has 15 heavy (non-hydrogen) atoms. The second-order valence-electron chi connectivity index (χ2n) is 3.26. The number of hydrogen-bond acceptors (Lipinski definition) is 2. The van der Waals surface area contributed by atoms with E-state index in [4.69, 9.17) is 23.2 Å². The van der Waals surface area contributed by atoms with Crippen LogP contribution in [-0.4, -0.2) is 11.3 Å². The van der Waals surface area contributed by atoms with Crippen LogP contribution in [0.3, 0.4) is 0 Å². The van der Waals surface area contributed by atoms with Crippen LogP contribution in [-0.2, 0) is 0 Å². The predicted octanol–water partition coefficient (Wildman–Crippen LogP) is 4.20. The van der Waals surface area contributed by atoms with E-state index in [0.717, 1.165) is 16.7 Å². The minimum atomic E-state index is -0.0941. The lowest BCUT2D eigenvalue weighted by molar-refractivity contribution is 0.259. The van der Waals surface area contributed by atoms with Crippen molar-refractivity contribution in [3.63, 3.8) is 0 Å². The molecule has 82 valence electrons. The molecule has 2 nitrogen and oxygen atoms in total. The highest BCUT2D eigenvalue weighted by atomic mass is 35.5. The number of halogens is 2. The zero-order valence-electron chi connectivity index (χ0n) is 8.38. The first-order valence-electron chi connectivity index (χ1n) is 4.42. The van der Waals surface area contributed by atoms with Crippen molar-refractivity contribution in [3.8, 4) is 0 Å². The lowest BCUT2D eigenvalue weighted by Gasteiger charge is -2.07. The SMILES string of the molecule is CC(C)NC(=O)Sc1ccc(Cl)c(Cl)c1. The quantitative estimate of drug-likeness (QED) is 0.811. The average molecular weight is 264 g/mol. The van der Waals surface area contributed by atoms with E-state index < -0.39 is 0 Å². The van der Waals surface area contributed by atoms with Gasteiger partial charge >= 0.3 is 0 Å². The Morgan fingerprint density at radius 1 is 1.33 bits per heavy atom. The van der Waals surface area contributed by atoms with Crippen molar-refractivity contribution >= 4 is 40.2 Å². The molecule has 0 aromatic heterocycles. The molecular weight excluding hydrogens is 253 g/mol. The monoisotopic (exact) mass is 263 g/mol.